The van der Waals surface area contributed by atoms with Gasteiger partial charge < -0.3 is 4.74 Å². The van der Waals surface area contributed by atoms with Gasteiger partial charge >= 0.3 is 11.9 Å². The summed E-state index contributed by atoms with van der Waals surface area (Å²) in [5, 5.41) is 0. The number of hydrogen-bond donors (Lipinski definition) is 0. The Kier molecular flexibility index (Phi) is 2.36. The molecule has 1 heterocycles. The summed E-state index contributed by atoms with van der Waals surface area (Å²) >= 11 is 0. The monoisotopic (exact) mass is 210 g/mol. The van der Waals surface area contributed by atoms with Crippen LogP contribution in [0.2, 0.25) is 0 Å². The van der Waals surface area contributed by atoms with Gasteiger partial charge in [-0.2, -0.15) is 0 Å². The summed E-state index contributed by atoms with van der Waals surface area (Å²) < 4.78 is 4.74. The molecule has 2 fully saturated rings. The number of rotatable bonds is 0. The number of ether oxygens (including phenoxy) is 1. The van der Waals surface area contributed by atoms with Crippen molar-refractivity contribution < 1.29 is 14.3 Å². The molecule has 2 bridgehead atoms. The summed E-state index contributed by atoms with van der Waals surface area (Å²) in [5.74, 6) is -0.218. The highest BCUT2D eigenvalue weighted by Gasteiger charge is 2.45. The fourth-order valence-corrected chi connectivity index (χ4v) is 2.68. The first kappa shape index (κ1) is 10.7. The third-order valence-corrected chi connectivity index (χ3v) is 3.80. The number of carbonyl (C=O) groups is 2. The van der Waals surface area contributed by atoms with Crippen molar-refractivity contribution in [2.45, 2.75) is 40.0 Å². The second-order valence-electron chi connectivity index (χ2n) is 5.90. The molecule has 84 valence electrons. The maximum Gasteiger partial charge on any atom is 0.316 e. The second-order valence-corrected chi connectivity index (χ2v) is 5.90. The van der Waals surface area contributed by atoms with Gasteiger partial charge in [0.05, 0.1) is 11.8 Å². The smallest absolute Gasteiger partial charge is 0.316 e. The number of hydrogen-bond acceptors (Lipinski definition) is 3. The van der Waals surface area contributed by atoms with Crippen molar-refractivity contribution in [3.63, 3.8) is 0 Å². The zero-order valence-corrected chi connectivity index (χ0v) is 9.58. The molecule has 0 radical (unpaired) electrons. The van der Waals surface area contributed by atoms with Gasteiger partial charge in [0.2, 0.25) is 0 Å². The van der Waals surface area contributed by atoms with Crippen LogP contribution < -0.4 is 0 Å². The maximum atomic E-state index is 11.4. The van der Waals surface area contributed by atoms with Crippen LogP contribution in [0.5, 0.6) is 0 Å². The van der Waals surface area contributed by atoms with Crippen molar-refractivity contribution in [1.29, 1.82) is 0 Å². The summed E-state index contributed by atoms with van der Waals surface area (Å²) in [4.78, 5) is 22.9. The van der Waals surface area contributed by atoms with Crippen LogP contribution in [0, 0.1) is 23.2 Å². The molecule has 3 heteroatoms. The fraction of sp³-hybridized carbons (Fsp3) is 0.833. The van der Waals surface area contributed by atoms with Crippen LogP contribution >= 0.6 is 0 Å². The molecule has 0 amide bonds. The Morgan fingerprint density at radius 2 is 1.47 bits per heavy atom. The fourth-order valence-electron chi connectivity index (χ4n) is 2.68. The van der Waals surface area contributed by atoms with E-state index in [9.17, 15) is 9.59 Å². The van der Waals surface area contributed by atoms with Gasteiger partial charge in [-0.25, -0.2) is 0 Å². The summed E-state index contributed by atoms with van der Waals surface area (Å²) in [5.41, 5.74) is 0.175. The van der Waals surface area contributed by atoms with Crippen molar-refractivity contribution >= 4 is 11.9 Å². The van der Waals surface area contributed by atoms with Gasteiger partial charge in [0.1, 0.15) is 0 Å². The normalized spacial score (nSPS) is 36.3. The predicted octanol–water partition coefficient (Wildman–Crippen LogP) is 2.15. The van der Waals surface area contributed by atoms with Gasteiger partial charge in [-0.15, -0.1) is 0 Å². The van der Waals surface area contributed by atoms with E-state index in [1.807, 2.05) is 0 Å². The lowest BCUT2D eigenvalue weighted by atomic mass is 9.65. The predicted molar refractivity (Wildman–Crippen MR) is 54.9 cm³/mol. The first-order valence-corrected chi connectivity index (χ1v) is 5.63. The average molecular weight is 210 g/mol. The Balaban J connectivity index is 2.17. The quantitative estimate of drug-likeness (QED) is 0.454. The van der Waals surface area contributed by atoms with Crippen LogP contribution in [0.15, 0.2) is 0 Å². The van der Waals surface area contributed by atoms with E-state index in [4.69, 9.17) is 4.74 Å². The molecule has 1 unspecified atom stereocenters. The molecule has 0 aromatic heterocycles. The first-order chi connectivity index (χ1) is 6.88. The minimum absolute atomic E-state index is 0.0364. The zero-order chi connectivity index (χ0) is 11.2. The van der Waals surface area contributed by atoms with E-state index in [2.05, 4.69) is 20.8 Å². The molecule has 0 aromatic carbocycles. The van der Waals surface area contributed by atoms with Gasteiger partial charge in [0.25, 0.3) is 0 Å². The highest BCUT2D eigenvalue weighted by Crippen LogP contribution is 2.45. The maximum absolute atomic E-state index is 11.4. The third kappa shape index (κ3) is 1.92. The van der Waals surface area contributed by atoms with Crippen LogP contribution in [0.25, 0.3) is 0 Å². The van der Waals surface area contributed by atoms with E-state index in [-0.39, 0.29) is 29.2 Å². The van der Waals surface area contributed by atoms with Crippen LogP contribution in [-0.2, 0) is 14.3 Å². The highest BCUT2D eigenvalue weighted by atomic mass is 16.6. The average Bonchev–Trinajstić information content (AvgIpc) is 2.13. The van der Waals surface area contributed by atoms with Crippen molar-refractivity contribution in [3.8, 4) is 0 Å². The Labute approximate surface area is 90.2 Å². The van der Waals surface area contributed by atoms with E-state index < -0.39 is 0 Å². The minimum Gasteiger partial charge on any atom is -0.393 e. The Morgan fingerprint density at radius 3 is 1.87 bits per heavy atom. The van der Waals surface area contributed by atoms with E-state index in [0.717, 1.165) is 12.8 Å². The third-order valence-electron chi connectivity index (χ3n) is 3.80. The van der Waals surface area contributed by atoms with Gasteiger partial charge in [-0.3, -0.25) is 9.59 Å². The molecule has 0 aromatic rings. The second kappa shape index (κ2) is 3.32. The van der Waals surface area contributed by atoms with E-state index in [1.165, 1.54) is 0 Å². The Hall–Kier alpha value is -0.860. The standard InChI is InChI=1S/C12H18O3/c1-12(2,3)9-5-7-4-8(6-9)11(14)15-10(7)13/h7-9H,4-6H2,1-3H3/t7-,8+,9?. The van der Waals surface area contributed by atoms with Gasteiger partial charge in [-0.05, 0) is 30.6 Å². The molecule has 2 rings (SSSR count). The lowest BCUT2D eigenvalue weighted by Crippen LogP contribution is -2.43. The molecule has 1 saturated carbocycles. The van der Waals surface area contributed by atoms with Crippen molar-refractivity contribution in [2.24, 2.45) is 23.2 Å². The van der Waals surface area contributed by atoms with Gasteiger partial charge in [0.15, 0.2) is 0 Å². The van der Waals surface area contributed by atoms with Crippen LogP contribution in [0.3, 0.4) is 0 Å². The lowest BCUT2D eigenvalue weighted by Gasteiger charge is -2.41. The largest absolute Gasteiger partial charge is 0.393 e. The number of carbonyl (C=O) groups excluding carboxylic acids is 2. The SMILES string of the molecule is CC(C)(C)C1C[C@@H]2C[C@H](C1)C(=O)OC2=O. The molecule has 3 nitrogen and oxygen atoms in total. The molecule has 2 aliphatic rings. The van der Waals surface area contributed by atoms with Gasteiger partial charge in [-0.1, -0.05) is 20.8 Å². The first-order valence-electron chi connectivity index (χ1n) is 5.63. The van der Waals surface area contributed by atoms with Crippen molar-refractivity contribution in [3.05, 3.63) is 0 Å². The molecular weight excluding hydrogens is 192 g/mol. The Morgan fingerprint density at radius 1 is 1.00 bits per heavy atom. The topological polar surface area (TPSA) is 43.4 Å². The van der Waals surface area contributed by atoms with E-state index >= 15 is 0 Å². The summed E-state index contributed by atoms with van der Waals surface area (Å²) in [6, 6.07) is 0. The molecule has 15 heavy (non-hydrogen) atoms. The summed E-state index contributed by atoms with van der Waals surface area (Å²) in [6.45, 7) is 6.53. The molecule has 1 aliphatic carbocycles. The minimum atomic E-state index is -0.301. The lowest BCUT2D eigenvalue weighted by molar-refractivity contribution is -0.177. The van der Waals surface area contributed by atoms with Crippen molar-refractivity contribution in [1.82, 2.24) is 0 Å². The van der Waals surface area contributed by atoms with Crippen LogP contribution in [0.4, 0.5) is 0 Å². The van der Waals surface area contributed by atoms with Gasteiger partial charge in [0, 0.05) is 0 Å². The van der Waals surface area contributed by atoms with E-state index in [0.29, 0.717) is 12.3 Å². The molecule has 3 atom stereocenters. The summed E-state index contributed by atoms with van der Waals surface area (Å²) in [7, 11) is 0. The summed E-state index contributed by atoms with van der Waals surface area (Å²) in [6.07, 6.45) is 2.47. The Bertz CT molecular complexity index is 278. The van der Waals surface area contributed by atoms with E-state index in [1.54, 1.807) is 0 Å². The molecule has 0 N–H and O–H groups in total. The van der Waals surface area contributed by atoms with Crippen LogP contribution in [0.1, 0.15) is 40.0 Å². The molecular formula is C12H18O3. The molecule has 1 aliphatic heterocycles. The number of fused-ring (bicyclic) bond motifs is 2. The van der Waals surface area contributed by atoms with Crippen molar-refractivity contribution in [2.75, 3.05) is 0 Å². The zero-order valence-electron chi connectivity index (χ0n) is 9.58. The molecule has 1 saturated heterocycles. The number of cyclic esters (lactones) is 2. The highest BCUT2D eigenvalue weighted by molar-refractivity contribution is 5.91. The van der Waals surface area contributed by atoms with Crippen LogP contribution in [-0.4, -0.2) is 11.9 Å². The number of esters is 2. The molecule has 0 spiro atoms.